The highest BCUT2D eigenvalue weighted by Crippen LogP contribution is 2.40. The van der Waals surface area contributed by atoms with Gasteiger partial charge in [-0.05, 0) is 55.9 Å². The Labute approximate surface area is 269 Å². The van der Waals surface area contributed by atoms with E-state index in [9.17, 15) is 21.6 Å². The predicted octanol–water partition coefficient (Wildman–Crippen LogP) is 5.27. The van der Waals surface area contributed by atoms with Crippen LogP contribution in [-0.2, 0) is 17.1 Å². The maximum Gasteiger partial charge on any atom is 0.355 e. The van der Waals surface area contributed by atoms with Gasteiger partial charge in [0.25, 0.3) is 10.0 Å². The van der Waals surface area contributed by atoms with Crippen LogP contribution in [0.4, 0.5) is 30.5 Å². The first-order valence-corrected chi connectivity index (χ1v) is 16.3. The van der Waals surface area contributed by atoms with Crippen LogP contribution < -0.4 is 20.1 Å². The third kappa shape index (κ3) is 6.53. The van der Waals surface area contributed by atoms with Crippen LogP contribution in [0.15, 0.2) is 67.0 Å². The van der Waals surface area contributed by atoms with Gasteiger partial charge in [-0.15, -0.1) is 0 Å². The second-order valence-corrected chi connectivity index (χ2v) is 13.0. The van der Waals surface area contributed by atoms with Gasteiger partial charge in [-0.1, -0.05) is 18.2 Å². The number of nitrogens with two attached hydrogens (primary N) is 1. The lowest BCUT2D eigenvalue weighted by atomic mass is 10.0. The number of nitrogens with one attached hydrogen (secondary N) is 1. The Kier molecular flexibility index (Phi) is 8.68. The summed E-state index contributed by atoms with van der Waals surface area (Å²) in [5.74, 6) is -3.06. The Morgan fingerprint density at radius 1 is 0.936 bits per heavy atom. The fourth-order valence-electron chi connectivity index (χ4n) is 5.56. The number of rotatable bonds is 9. The van der Waals surface area contributed by atoms with E-state index < -0.39 is 27.7 Å². The summed E-state index contributed by atoms with van der Waals surface area (Å²) in [4.78, 5) is 13.7. The molecule has 3 aromatic heterocycles. The van der Waals surface area contributed by atoms with Gasteiger partial charge in [-0.25, -0.2) is 22.8 Å². The Bertz CT molecular complexity index is 2010. The molecule has 3 N–H and O–H groups in total. The molecule has 0 radical (unpaired) electrons. The molecule has 0 spiro atoms. The van der Waals surface area contributed by atoms with E-state index >= 15 is 0 Å². The molecule has 0 saturated carbocycles. The van der Waals surface area contributed by atoms with E-state index in [2.05, 4.69) is 21.8 Å². The summed E-state index contributed by atoms with van der Waals surface area (Å²) in [5.41, 5.74) is 9.90. The molecule has 1 fully saturated rings. The van der Waals surface area contributed by atoms with Crippen LogP contribution in [0, 0.1) is 5.82 Å². The van der Waals surface area contributed by atoms with Crippen LogP contribution in [-0.4, -0.2) is 72.1 Å². The fourth-order valence-corrected chi connectivity index (χ4v) is 6.12. The van der Waals surface area contributed by atoms with Crippen molar-refractivity contribution < 1.29 is 26.3 Å². The Morgan fingerprint density at radius 3 is 2.30 bits per heavy atom. The highest BCUT2D eigenvalue weighted by Gasteiger charge is 2.27. The third-order valence-electron chi connectivity index (χ3n) is 8.16. The van der Waals surface area contributed by atoms with Crippen molar-refractivity contribution in [2.75, 3.05) is 48.6 Å². The first-order valence-electron chi connectivity index (χ1n) is 14.8. The number of aromatic nitrogens is 4. The van der Waals surface area contributed by atoms with Crippen molar-refractivity contribution in [2.24, 2.45) is 7.05 Å². The molecule has 0 amide bonds. The smallest absolute Gasteiger partial charge is 0.355 e. The summed E-state index contributed by atoms with van der Waals surface area (Å²) in [6.45, 7) is 5.36. The summed E-state index contributed by atoms with van der Waals surface area (Å²) in [7, 11) is -1.16. The number of piperazine rings is 1. The molecule has 1 atom stereocenters. The third-order valence-corrected chi connectivity index (χ3v) is 9.14. The quantitative estimate of drug-likeness (QED) is 0.216. The summed E-state index contributed by atoms with van der Waals surface area (Å²) < 4.78 is 74.0. The number of nitrogens with zero attached hydrogens (tertiary/aromatic N) is 6. The van der Waals surface area contributed by atoms with Crippen LogP contribution in [0.2, 0.25) is 0 Å². The summed E-state index contributed by atoms with van der Waals surface area (Å²) in [6.07, 6.45) is 2.75. The van der Waals surface area contributed by atoms with Gasteiger partial charge in [-0.2, -0.15) is 13.9 Å². The zero-order chi connectivity index (χ0) is 33.5. The molecule has 0 unspecified atom stereocenters. The fraction of sp³-hybridized carbons (Fsp3) is 0.281. The SMILES string of the molecule is C[C@@H](Oc1cc(-c2nn(C)c3c(-c4ccc(N5CCN(C)CC5)nc4)cnc(N)c23)ccc1NS(=O)(=O)C(F)F)c1ccc(F)cc1. The molecule has 0 aliphatic carbocycles. The van der Waals surface area contributed by atoms with E-state index in [0.29, 0.717) is 27.7 Å². The van der Waals surface area contributed by atoms with Crippen molar-refractivity contribution in [1.29, 1.82) is 0 Å². The molecule has 15 heteroatoms. The largest absolute Gasteiger partial charge is 0.484 e. The second kappa shape index (κ2) is 12.7. The highest BCUT2D eigenvalue weighted by atomic mass is 32.2. The van der Waals surface area contributed by atoms with Crippen molar-refractivity contribution in [3.8, 4) is 28.1 Å². The average Bonchev–Trinajstić information content (AvgIpc) is 3.40. The van der Waals surface area contributed by atoms with Crippen LogP contribution in [0.25, 0.3) is 33.3 Å². The van der Waals surface area contributed by atoms with Crippen LogP contribution in [0.5, 0.6) is 5.75 Å². The average molecular weight is 667 g/mol. The van der Waals surface area contributed by atoms with E-state index in [-0.39, 0.29) is 17.3 Å². The number of alkyl halides is 2. The van der Waals surface area contributed by atoms with E-state index in [0.717, 1.165) is 43.1 Å². The number of aryl methyl sites for hydroxylation is 1. The molecule has 1 aliphatic heterocycles. The summed E-state index contributed by atoms with van der Waals surface area (Å²) in [5, 5.41) is 5.27. The Hall–Kier alpha value is -4.89. The number of anilines is 3. The minimum Gasteiger partial charge on any atom is -0.484 e. The molecule has 246 valence electrons. The lowest BCUT2D eigenvalue weighted by molar-refractivity contribution is 0.228. The maximum absolute atomic E-state index is 13.5. The van der Waals surface area contributed by atoms with E-state index in [1.807, 2.05) is 16.9 Å². The molecule has 11 nitrogen and oxygen atoms in total. The van der Waals surface area contributed by atoms with E-state index in [1.54, 1.807) is 31.0 Å². The van der Waals surface area contributed by atoms with Gasteiger partial charge in [0, 0.05) is 62.3 Å². The maximum atomic E-state index is 13.5. The van der Waals surface area contributed by atoms with Gasteiger partial charge in [0.05, 0.1) is 16.6 Å². The van der Waals surface area contributed by atoms with Crippen molar-refractivity contribution >= 4 is 38.2 Å². The standard InChI is InChI=1S/C32H33F3N8O3S/c1-19(20-4-8-23(33)9-5-20)46-26-16-21(6-10-25(26)40-47(44,45)32(34)35)29-28-30(42(3)39-29)24(18-38-31(28)36)22-7-11-27(37-17-22)43-14-12-41(2)13-15-43/h4-11,16-19,32,40H,12-15H2,1-3H3,(H2,36,38)/t19-/m1/s1. The van der Waals surface area contributed by atoms with Gasteiger partial charge >= 0.3 is 5.76 Å². The number of ether oxygens (including phenoxy) is 1. The van der Waals surface area contributed by atoms with Crippen molar-refractivity contribution in [3.63, 3.8) is 0 Å². The molecule has 1 saturated heterocycles. The number of sulfonamides is 1. The van der Waals surface area contributed by atoms with Gasteiger partial charge in [0.1, 0.15) is 35.0 Å². The number of hydrogen-bond acceptors (Lipinski definition) is 9. The molecule has 6 rings (SSSR count). The molecule has 47 heavy (non-hydrogen) atoms. The monoisotopic (exact) mass is 666 g/mol. The number of benzene rings is 2. The summed E-state index contributed by atoms with van der Waals surface area (Å²) >= 11 is 0. The normalized spacial score (nSPS) is 14.9. The molecule has 5 aromatic rings. The van der Waals surface area contributed by atoms with Crippen LogP contribution >= 0.6 is 0 Å². The number of likely N-dealkylation sites (N-methyl/N-ethyl adjacent to an activating group) is 1. The van der Waals surface area contributed by atoms with Crippen molar-refractivity contribution in [1.82, 2.24) is 24.6 Å². The molecule has 1 aliphatic rings. The number of fused-ring (bicyclic) bond motifs is 1. The van der Waals surface area contributed by atoms with E-state index in [1.165, 1.54) is 42.5 Å². The zero-order valence-corrected chi connectivity index (χ0v) is 26.7. The number of nitrogen functional groups attached to an aromatic ring is 1. The first-order chi connectivity index (χ1) is 22.4. The van der Waals surface area contributed by atoms with Gasteiger partial charge < -0.3 is 20.3 Å². The van der Waals surface area contributed by atoms with Crippen LogP contribution in [0.1, 0.15) is 18.6 Å². The topological polar surface area (TPSA) is 132 Å². The van der Waals surface area contributed by atoms with Crippen LogP contribution in [0.3, 0.4) is 0 Å². The van der Waals surface area contributed by atoms with Gasteiger partial charge in [0.2, 0.25) is 0 Å². The molecule has 0 bridgehead atoms. The molecular weight excluding hydrogens is 633 g/mol. The second-order valence-electron chi connectivity index (χ2n) is 11.4. The van der Waals surface area contributed by atoms with Gasteiger partial charge in [-0.3, -0.25) is 9.40 Å². The Morgan fingerprint density at radius 2 is 1.64 bits per heavy atom. The summed E-state index contributed by atoms with van der Waals surface area (Å²) in [6, 6.07) is 13.8. The first kappa shape index (κ1) is 32.1. The minimum atomic E-state index is -5.02. The number of hydrogen-bond donors (Lipinski definition) is 2. The highest BCUT2D eigenvalue weighted by molar-refractivity contribution is 7.93. The minimum absolute atomic E-state index is 0.0475. The Balaban J connectivity index is 1.40. The van der Waals surface area contributed by atoms with E-state index in [4.69, 9.17) is 20.6 Å². The molecule has 2 aromatic carbocycles. The van der Waals surface area contributed by atoms with Crippen molar-refractivity contribution in [2.45, 2.75) is 18.8 Å². The molecule has 4 heterocycles. The lowest BCUT2D eigenvalue weighted by Gasteiger charge is -2.33. The lowest BCUT2D eigenvalue weighted by Crippen LogP contribution is -2.44. The number of pyridine rings is 2. The molecular formula is C32H33F3N8O3S. The number of halogens is 3. The van der Waals surface area contributed by atoms with Crippen molar-refractivity contribution in [3.05, 3.63) is 78.4 Å². The predicted molar refractivity (Wildman–Crippen MR) is 175 cm³/mol. The van der Waals surface area contributed by atoms with Gasteiger partial charge in [0.15, 0.2) is 0 Å². The zero-order valence-electron chi connectivity index (χ0n) is 25.9.